The molecule has 0 aliphatic rings. The SMILES string of the molecule is CCCNC(=O)CN(C)c1ccc(C(N)=O)cc1N. The molecule has 2 amide bonds. The summed E-state index contributed by atoms with van der Waals surface area (Å²) in [6.07, 6.45) is 0.894. The number of nitrogens with one attached hydrogen (secondary N) is 1. The molecule has 0 bridgehead atoms. The van der Waals surface area contributed by atoms with Gasteiger partial charge in [0.1, 0.15) is 0 Å². The second kappa shape index (κ2) is 6.63. The van der Waals surface area contributed by atoms with E-state index in [1.165, 1.54) is 6.07 Å². The minimum Gasteiger partial charge on any atom is -0.397 e. The Morgan fingerprint density at radius 2 is 2.05 bits per heavy atom. The van der Waals surface area contributed by atoms with Crippen molar-refractivity contribution in [3.8, 4) is 0 Å². The van der Waals surface area contributed by atoms with E-state index in [4.69, 9.17) is 11.5 Å². The number of amides is 2. The highest BCUT2D eigenvalue weighted by Gasteiger charge is 2.11. The van der Waals surface area contributed by atoms with Crippen LogP contribution in [0.2, 0.25) is 0 Å². The molecule has 6 heteroatoms. The molecule has 0 fully saturated rings. The molecule has 0 saturated heterocycles. The predicted octanol–water partition coefficient (Wildman–Crippen LogP) is 0.330. The van der Waals surface area contributed by atoms with Crippen molar-refractivity contribution < 1.29 is 9.59 Å². The Kier molecular flexibility index (Phi) is 5.17. The number of anilines is 2. The van der Waals surface area contributed by atoms with E-state index in [-0.39, 0.29) is 12.5 Å². The van der Waals surface area contributed by atoms with Crippen molar-refractivity contribution in [3.05, 3.63) is 23.8 Å². The first-order chi connectivity index (χ1) is 8.95. The van der Waals surface area contributed by atoms with Crippen LogP contribution in [0.25, 0.3) is 0 Å². The normalized spacial score (nSPS) is 10.0. The summed E-state index contributed by atoms with van der Waals surface area (Å²) in [5.41, 5.74) is 12.5. The van der Waals surface area contributed by atoms with Crippen molar-refractivity contribution in [1.82, 2.24) is 5.32 Å². The van der Waals surface area contributed by atoms with Crippen LogP contribution in [0.1, 0.15) is 23.7 Å². The number of carbonyl (C=O) groups is 2. The Bertz CT molecular complexity index is 474. The zero-order valence-corrected chi connectivity index (χ0v) is 11.3. The summed E-state index contributed by atoms with van der Waals surface area (Å²) in [5.74, 6) is -0.593. The van der Waals surface area contributed by atoms with E-state index in [9.17, 15) is 9.59 Å². The average molecular weight is 264 g/mol. The third-order valence-electron chi connectivity index (χ3n) is 2.68. The molecule has 0 heterocycles. The van der Waals surface area contributed by atoms with Gasteiger partial charge in [-0.05, 0) is 24.6 Å². The third kappa shape index (κ3) is 4.17. The molecular formula is C13H20N4O2. The summed E-state index contributed by atoms with van der Waals surface area (Å²) in [4.78, 5) is 24.4. The molecule has 5 N–H and O–H groups in total. The molecule has 1 rings (SSSR count). The quantitative estimate of drug-likeness (QED) is 0.644. The molecule has 0 aliphatic heterocycles. The van der Waals surface area contributed by atoms with E-state index in [2.05, 4.69) is 5.32 Å². The lowest BCUT2D eigenvalue weighted by Gasteiger charge is -2.20. The van der Waals surface area contributed by atoms with Gasteiger partial charge in [0, 0.05) is 19.2 Å². The summed E-state index contributed by atoms with van der Waals surface area (Å²) in [6, 6.07) is 4.79. The highest BCUT2D eigenvalue weighted by Crippen LogP contribution is 2.22. The first-order valence-corrected chi connectivity index (χ1v) is 6.12. The van der Waals surface area contributed by atoms with Crippen LogP contribution in [0, 0.1) is 0 Å². The Morgan fingerprint density at radius 1 is 1.37 bits per heavy atom. The lowest BCUT2D eigenvalue weighted by molar-refractivity contribution is -0.119. The van der Waals surface area contributed by atoms with Gasteiger partial charge in [0.25, 0.3) is 0 Å². The number of nitrogens with two attached hydrogens (primary N) is 2. The zero-order valence-electron chi connectivity index (χ0n) is 11.3. The summed E-state index contributed by atoms with van der Waals surface area (Å²) in [7, 11) is 1.77. The van der Waals surface area contributed by atoms with Gasteiger partial charge in [0.05, 0.1) is 17.9 Å². The number of rotatable bonds is 6. The number of carbonyl (C=O) groups excluding carboxylic acids is 2. The first kappa shape index (κ1) is 14.8. The number of nitrogen functional groups attached to an aromatic ring is 1. The summed E-state index contributed by atoms with van der Waals surface area (Å²) in [5, 5.41) is 2.79. The maximum atomic E-state index is 11.6. The van der Waals surface area contributed by atoms with Gasteiger partial charge < -0.3 is 21.7 Å². The fraction of sp³-hybridized carbons (Fsp3) is 0.385. The van der Waals surface area contributed by atoms with E-state index < -0.39 is 5.91 Å². The zero-order chi connectivity index (χ0) is 14.4. The van der Waals surface area contributed by atoms with Gasteiger partial charge in [0.15, 0.2) is 0 Å². The largest absolute Gasteiger partial charge is 0.397 e. The maximum absolute atomic E-state index is 11.6. The number of likely N-dealkylation sites (N-methyl/N-ethyl adjacent to an activating group) is 1. The van der Waals surface area contributed by atoms with Gasteiger partial charge in [-0.15, -0.1) is 0 Å². The number of hydrogen-bond donors (Lipinski definition) is 3. The summed E-state index contributed by atoms with van der Waals surface area (Å²) < 4.78 is 0. The predicted molar refractivity (Wildman–Crippen MR) is 75.9 cm³/mol. The molecule has 0 spiro atoms. The number of benzene rings is 1. The van der Waals surface area contributed by atoms with Gasteiger partial charge in [-0.2, -0.15) is 0 Å². The maximum Gasteiger partial charge on any atom is 0.248 e. The van der Waals surface area contributed by atoms with Gasteiger partial charge in [0.2, 0.25) is 11.8 Å². The molecular weight excluding hydrogens is 244 g/mol. The molecule has 104 valence electrons. The lowest BCUT2D eigenvalue weighted by atomic mass is 10.1. The second-order valence-electron chi connectivity index (χ2n) is 4.34. The number of hydrogen-bond acceptors (Lipinski definition) is 4. The molecule has 1 aromatic rings. The van der Waals surface area contributed by atoms with E-state index in [1.54, 1.807) is 24.1 Å². The van der Waals surface area contributed by atoms with Crippen molar-refractivity contribution >= 4 is 23.2 Å². The highest BCUT2D eigenvalue weighted by molar-refractivity contribution is 5.95. The molecule has 0 unspecified atom stereocenters. The fourth-order valence-corrected chi connectivity index (χ4v) is 1.68. The van der Waals surface area contributed by atoms with Gasteiger partial charge in [-0.3, -0.25) is 9.59 Å². The van der Waals surface area contributed by atoms with Crippen LogP contribution in [0.4, 0.5) is 11.4 Å². The van der Waals surface area contributed by atoms with Crippen molar-refractivity contribution in [3.63, 3.8) is 0 Å². The molecule has 0 atom stereocenters. The number of nitrogens with zero attached hydrogens (tertiary/aromatic N) is 1. The monoisotopic (exact) mass is 264 g/mol. The summed E-state index contributed by atoms with van der Waals surface area (Å²) >= 11 is 0. The van der Waals surface area contributed by atoms with Crippen LogP contribution < -0.4 is 21.7 Å². The molecule has 19 heavy (non-hydrogen) atoms. The Labute approximate surface area is 112 Å². The Hall–Kier alpha value is -2.24. The average Bonchev–Trinajstić information content (AvgIpc) is 2.35. The minimum absolute atomic E-state index is 0.0669. The lowest BCUT2D eigenvalue weighted by Crippen LogP contribution is -2.35. The van der Waals surface area contributed by atoms with Crippen LogP contribution in [-0.2, 0) is 4.79 Å². The van der Waals surface area contributed by atoms with Crippen LogP contribution in [0.3, 0.4) is 0 Å². The summed E-state index contributed by atoms with van der Waals surface area (Å²) in [6.45, 7) is 2.85. The van der Waals surface area contributed by atoms with Gasteiger partial charge >= 0.3 is 0 Å². The molecule has 0 saturated carbocycles. The molecule has 0 radical (unpaired) electrons. The van der Waals surface area contributed by atoms with Crippen molar-refractivity contribution in [2.75, 3.05) is 30.8 Å². The van der Waals surface area contributed by atoms with E-state index in [0.717, 1.165) is 6.42 Å². The van der Waals surface area contributed by atoms with Crippen molar-refractivity contribution in [2.24, 2.45) is 5.73 Å². The first-order valence-electron chi connectivity index (χ1n) is 6.12. The van der Waals surface area contributed by atoms with Gasteiger partial charge in [-0.1, -0.05) is 6.92 Å². The Morgan fingerprint density at radius 3 is 2.58 bits per heavy atom. The van der Waals surface area contributed by atoms with E-state index in [0.29, 0.717) is 23.5 Å². The highest BCUT2D eigenvalue weighted by atomic mass is 16.2. The second-order valence-corrected chi connectivity index (χ2v) is 4.34. The van der Waals surface area contributed by atoms with Gasteiger partial charge in [-0.25, -0.2) is 0 Å². The van der Waals surface area contributed by atoms with Crippen LogP contribution in [0.15, 0.2) is 18.2 Å². The molecule has 0 aromatic heterocycles. The van der Waals surface area contributed by atoms with E-state index in [1.807, 2.05) is 6.92 Å². The van der Waals surface area contributed by atoms with E-state index >= 15 is 0 Å². The van der Waals surface area contributed by atoms with Crippen molar-refractivity contribution in [1.29, 1.82) is 0 Å². The number of primary amides is 1. The topological polar surface area (TPSA) is 101 Å². The minimum atomic E-state index is -0.526. The van der Waals surface area contributed by atoms with Crippen LogP contribution in [0.5, 0.6) is 0 Å². The van der Waals surface area contributed by atoms with Crippen LogP contribution in [-0.4, -0.2) is 32.0 Å². The standard InChI is InChI=1S/C13H20N4O2/c1-3-6-16-12(18)8-17(2)11-5-4-9(13(15)19)7-10(11)14/h4-5,7H,3,6,8,14H2,1-2H3,(H2,15,19)(H,16,18). The fourth-order valence-electron chi connectivity index (χ4n) is 1.68. The molecule has 1 aromatic carbocycles. The molecule has 6 nitrogen and oxygen atoms in total. The van der Waals surface area contributed by atoms with Crippen LogP contribution >= 0.6 is 0 Å². The van der Waals surface area contributed by atoms with Crippen molar-refractivity contribution in [2.45, 2.75) is 13.3 Å². The third-order valence-corrected chi connectivity index (χ3v) is 2.68. The smallest absolute Gasteiger partial charge is 0.248 e. The Balaban J connectivity index is 2.74. The molecule has 0 aliphatic carbocycles.